The Labute approximate surface area is 63.3 Å². The van der Waals surface area contributed by atoms with E-state index in [2.05, 4.69) is 4.74 Å². The van der Waals surface area contributed by atoms with Gasteiger partial charge in [-0.1, -0.05) is 12.2 Å². The molecule has 2 rings (SSSR count). The van der Waals surface area contributed by atoms with Crippen LogP contribution in [0.25, 0.3) is 0 Å². The fourth-order valence-corrected chi connectivity index (χ4v) is 1.27. The summed E-state index contributed by atoms with van der Waals surface area (Å²) in [6.07, 6.45) is 4.99. The third-order valence-corrected chi connectivity index (χ3v) is 1.82. The summed E-state index contributed by atoms with van der Waals surface area (Å²) in [5, 5.41) is 0. The predicted octanol–water partition coefficient (Wildman–Crippen LogP) is 0.716. The van der Waals surface area contributed by atoms with Crippen LogP contribution in [0.15, 0.2) is 23.3 Å². The van der Waals surface area contributed by atoms with Crippen LogP contribution in [0.4, 0.5) is 0 Å². The monoisotopic (exact) mass is 150 g/mol. The molecular formula is C8H6O3. The summed E-state index contributed by atoms with van der Waals surface area (Å²) in [5.41, 5.74) is 0.985. The minimum absolute atomic E-state index is 0.446. The minimum Gasteiger partial charge on any atom is -0.386 e. The lowest BCUT2D eigenvalue weighted by Crippen LogP contribution is -2.01. The van der Waals surface area contributed by atoms with Crippen LogP contribution in [0.3, 0.4) is 0 Å². The molecule has 3 nitrogen and oxygen atoms in total. The number of rotatable bonds is 0. The van der Waals surface area contributed by atoms with Gasteiger partial charge >= 0.3 is 11.9 Å². The van der Waals surface area contributed by atoms with Crippen molar-refractivity contribution in [1.82, 2.24) is 0 Å². The Morgan fingerprint density at radius 3 is 2.82 bits per heavy atom. The summed E-state index contributed by atoms with van der Waals surface area (Å²) in [5.74, 6) is -0.963. The largest absolute Gasteiger partial charge is 0.386 e. The molecule has 0 aromatic heterocycles. The van der Waals surface area contributed by atoms with E-state index < -0.39 is 11.9 Å². The molecule has 2 aliphatic rings. The Kier molecular flexibility index (Phi) is 1.18. The van der Waals surface area contributed by atoms with E-state index in [9.17, 15) is 9.59 Å². The van der Waals surface area contributed by atoms with Gasteiger partial charge in [0.05, 0.1) is 11.1 Å². The molecule has 1 aliphatic carbocycles. The Morgan fingerprint density at radius 1 is 1.27 bits per heavy atom. The van der Waals surface area contributed by atoms with Crippen LogP contribution in [-0.4, -0.2) is 11.9 Å². The van der Waals surface area contributed by atoms with Crippen LogP contribution in [0.1, 0.15) is 12.8 Å². The highest BCUT2D eigenvalue weighted by atomic mass is 16.6. The lowest BCUT2D eigenvalue weighted by molar-refractivity contribution is -0.151. The van der Waals surface area contributed by atoms with Crippen molar-refractivity contribution in [2.24, 2.45) is 0 Å². The second kappa shape index (κ2) is 2.05. The second-order valence-corrected chi connectivity index (χ2v) is 2.51. The topological polar surface area (TPSA) is 43.4 Å². The number of allylic oxidation sites excluding steroid dienone is 1. The van der Waals surface area contributed by atoms with Crippen LogP contribution in [0.2, 0.25) is 0 Å². The third-order valence-electron chi connectivity index (χ3n) is 1.82. The summed E-state index contributed by atoms with van der Waals surface area (Å²) >= 11 is 0. The van der Waals surface area contributed by atoms with Crippen molar-refractivity contribution < 1.29 is 14.3 Å². The zero-order chi connectivity index (χ0) is 7.84. The fraction of sp³-hybridized carbons (Fsp3) is 0.250. The zero-order valence-electron chi connectivity index (χ0n) is 5.79. The molecule has 11 heavy (non-hydrogen) atoms. The molecule has 0 bridgehead atoms. The fourth-order valence-electron chi connectivity index (χ4n) is 1.27. The smallest absolute Gasteiger partial charge is 0.346 e. The Bertz CT molecular complexity index is 296. The summed E-state index contributed by atoms with van der Waals surface area (Å²) < 4.78 is 4.41. The predicted molar refractivity (Wildman–Crippen MR) is 36.5 cm³/mol. The number of hydrogen-bond acceptors (Lipinski definition) is 3. The molecule has 0 saturated heterocycles. The van der Waals surface area contributed by atoms with Crippen LogP contribution in [0.5, 0.6) is 0 Å². The van der Waals surface area contributed by atoms with Crippen LogP contribution in [0, 0.1) is 0 Å². The molecule has 3 heteroatoms. The number of cyclic esters (lactones) is 2. The number of carbonyl (C=O) groups excluding carboxylic acids is 2. The molecule has 0 spiro atoms. The highest BCUT2D eigenvalue weighted by Gasteiger charge is 2.31. The molecule has 0 N–H and O–H groups in total. The van der Waals surface area contributed by atoms with Gasteiger partial charge in [0.25, 0.3) is 0 Å². The van der Waals surface area contributed by atoms with Crippen molar-refractivity contribution in [3.05, 3.63) is 23.3 Å². The van der Waals surface area contributed by atoms with E-state index in [1.807, 2.05) is 6.08 Å². The molecule has 1 heterocycles. The summed E-state index contributed by atoms with van der Waals surface area (Å²) in [7, 11) is 0. The van der Waals surface area contributed by atoms with Crippen molar-refractivity contribution in [3.63, 3.8) is 0 Å². The molecule has 0 radical (unpaired) electrons. The van der Waals surface area contributed by atoms with Crippen LogP contribution in [-0.2, 0) is 14.3 Å². The molecule has 0 atom stereocenters. The molecule has 0 aromatic rings. The van der Waals surface area contributed by atoms with Gasteiger partial charge in [0.15, 0.2) is 0 Å². The summed E-state index contributed by atoms with van der Waals surface area (Å²) in [6.45, 7) is 0. The van der Waals surface area contributed by atoms with E-state index in [0.717, 1.165) is 6.42 Å². The molecule has 0 aromatic carbocycles. The van der Waals surface area contributed by atoms with Crippen LogP contribution >= 0.6 is 0 Å². The van der Waals surface area contributed by atoms with Crippen molar-refractivity contribution in [2.45, 2.75) is 12.8 Å². The van der Waals surface area contributed by atoms with Gasteiger partial charge in [-0.2, -0.15) is 0 Å². The van der Waals surface area contributed by atoms with Gasteiger partial charge < -0.3 is 4.74 Å². The average Bonchev–Trinajstić information content (AvgIpc) is 2.30. The normalized spacial score (nSPS) is 22.2. The van der Waals surface area contributed by atoms with Crippen molar-refractivity contribution in [3.8, 4) is 0 Å². The van der Waals surface area contributed by atoms with E-state index in [4.69, 9.17) is 0 Å². The quantitative estimate of drug-likeness (QED) is 0.377. The number of esters is 2. The maximum atomic E-state index is 10.9. The third kappa shape index (κ3) is 0.808. The van der Waals surface area contributed by atoms with Crippen LogP contribution < -0.4 is 0 Å². The highest BCUT2D eigenvalue weighted by molar-refractivity contribution is 6.14. The van der Waals surface area contributed by atoms with E-state index >= 15 is 0 Å². The first kappa shape index (κ1) is 6.34. The van der Waals surface area contributed by atoms with Gasteiger partial charge in [-0.25, -0.2) is 9.59 Å². The van der Waals surface area contributed by atoms with Crippen molar-refractivity contribution >= 4 is 11.9 Å². The van der Waals surface area contributed by atoms with E-state index in [-0.39, 0.29) is 0 Å². The maximum absolute atomic E-state index is 10.9. The second-order valence-electron chi connectivity index (χ2n) is 2.51. The summed E-state index contributed by atoms with van der Waals surface area (Å²) in [4.78, 5) is 21.8. The molecule has 1 aliphatic heterocycles. The molecule has 0 unspecified atom stereocenters. The molecule has 0 saturated carbocycles. The maximum Gasteiger partial charge on any atom is 0.346 e. The first-order valence-electron chi connectivity index (χ1n) is 3.45. The number of carbonyl (C=O) groups is 2. The Morgan fingerprint density at radius 2 is 2.09 bits per heavy atom. The number of hydrogen-bond donors (Lipinski definition) is 0. The first-order valence-corrected chi connectivity index (χ1v) is 3.45. The van der Waals surface area contributed by atoms with E-state index in [0.29, 0.717) is 17.6 Å². The lowest BCUT2D eigenvalue weighted by Gasteiger charge is -2.00. The molecular weight excluding hydrogens is 144 g/mol. The van der Waals surface area contributed by atoms with Gasteiger partial charge in [-0.3, -0.25) is 0 Å². The molecule has 0 fully saturated rings. The SMILES string of the molecule is O=C1OC(=O)C2=C1C=CCC2. The number of ether oxygens (including phenoxy) is 1. The minimum atomic E-state index is -0.499. The summed E-state index contributed by atoms with van der Waals surface area (Å²) in [6, 6.07) is 0. The van der Waals surface area contributed by atoms with Gasteiger partial charge in [-0.15, -0.1) is 0 Å². The van der Waals surface area contributed by atoms with Gasteiger partial charge in [0.1, 0.15) is 0 Å². The first-order chi connectivity index (χ1) is 5.29. The zero-order valence-corrected chi connectivity index (χ0v) is 5.79. The van der Waals surface area contributed by atoms with E-state index in [1.165, 1.54) is 0 Å². The van der Waals surface area contributed by atoms with Gasteiger partial charge in [0, 0.05) is 0 Å². The lowest BCUT2D eigenvalue weighted by atomic mass is 10.00. The van der Waals surface area contributed by atoms with Gasteiger partial charge in [0.2, 0.25) is 0 Å². The molecule has 0 amide bonds. The Balaban J connectivity index is 2.49. The van der Waals surface area contributed by atoms with Gasteiger partial charge in [-0.05, 0) is 12.8 Å². The van der Waals surface area contributed by atoms with Crippen molar-refractivity contribution in [2.75, 3.05) is 0 Å². The van der Waals surface area contributed by atoms with Crippen molar-refractivity contribution in [1.29, 1.82) is 0 Å². The Hall–Kier alpha value is -1.38. The average molecular weight is 150 g/mol. The van der Waals surface area contributed by atoms with E-state index in [1.54, 1.807) is 6.08 Å². The molecule has 56 valence electrons. The standard InChI is InChI=1S/C8H6O3/c9-7-5-3-1-2-4-6(5)8(10)11-7/h1,3H,2,4H2. The highest BCUT2D eigenvalue weighted by Crippen LogP contribution is 2.26.